The normalized spacial score (nSPS) is 24.4. The molecule has 1 saturated heterocycles. The average Bonchev–Trinajstić information content (AvgIpc) is 2.35. The van der Waals surface area contributed by atoms with Crippen LogP contribution in [0.3, 0.4) is 0 Å². The lowest BCUT2D eigenvalue weighted by Gasteiger charge is -2.35. The molecule has 1 N–H and O–H groups in total. The van der Waals surface area contributed by atoms with Crippen molar-refractivity contribution in [2.45, 2.75) is 53.0 Å². The number of nitrogens with zero attached hydrogens (tertiary/aromatic N) is 1. The summed E-state index contributed by atoms with van der Waals surface area (Å²) in [5.41, 5.74) is 0.0700. The van der Waals surface area contributed by atoms with Crippen LogP contribution in [0.5, 0.6) is 0 Å². The van der Waals surface area contributed by atoms with Crippen LogP contribution in [0.15, 0.2) is 0 Å². The van der Waals surface area contributed by atoms with E-state index in [0.29, 0.717) is 25.0 Å². The first-order valence-electron chi connectivity index (χ1n) is 7.31. The van der Waals surface area contributed by atoms with Crippen molar-refractivity contribution in [3.8, 4) is 0 Å². The molecule has 0 aromatic rings. The van der Waals surface area contributed by atoms with E-state index in [1.807, 2.05) is 7.05 Å². The predicted octanol–water partition coefficient (Wildman–Crippen LogP) is 2.07. The van der Waals surface area contributed by atoms with Crippen molar-refractivity contribution in [3.63, 3.8) is 0 Å². The molecule has 1 aliphatic rings. The Hall–Kier alpha value is -0.130. The minimum Gasteiger partial charge on any atom is -0.317 e. The number of hydrogen-bond acceptors (Lipinski definition) is 3. The standard InChI is InChI=1S/C14H30N2O2S/c1-12(15-5)13-7-6-9-16(11-13)19(17,18)10-8-14(2,3)4/h12-13,15H,6-11H2,1-5H3. The van der Waals surface area contributed by atoms with Crippen LogP contribution in [-0.4, -0.2) is 44.7 Å². The second-order valence-electron chi connectivity index (χ2n) is 6.96. The Labute approximate surface area is 119 Å². The van der Waals surface area contributed by atoms with Gasteiger partial charge in [-0.25, -0.2) is 12.7 Å². The van der Waals surface area contributed by atoms with Gasteiger partial charge >= 0.3 is 0 Å². The van der Waals surface area contributed by atoms with Crippen molar-refractivity contribution < 1.29 is 8.42 Å². The highest BCUT2D eigenvalue weighted by Crippen LogP contribution is 2.25. The summed E-state index contributed by atoms with van der Waals surface area (Å²) in [5.74, 6) is 0.708. The van der Waals surface area contributed by atoms with Crippen molar-refractivity contribution >= 4 is 10.0 Å². The average molecular weight is 290 g/mol. The van der Waals surface area contributed by atoms with E-state index < -0.39 is 10.0 Å². The van der Waals surface area contributed by atoms with Crippen molar-refractivity contribution in [2.75, 3.05) is 25.9 Å². The fraction of sp³-hybridized carbons (Fsp3) is 1.00. The highest BCUT2D eigenvalue weighted by molar-refractivity contribution is 7.89. The first kappa shape index (κ1) is 16.9. The fourth-order valence-electron chi connectivity index (χ4n) is 2.43. The van der Waals surface area contributed by atoms with Crippen molar-refractivity contribution in [1.29, 1.82) is 0 Å². The first-order valence-corrected chi connectivity index (χ1v) is 8.92. The van der Waals surface area contributed by atoms with E-state index in [1.54, 1.807) is 4.31 Å². The van der Waals surface area contributed by atoms with E-state index in [-0.39, 0.29) is 11.2 Å². The number of sulfonamides is 1. The van der Waals surface area contributed by atoms with Gasteiger partial charge in [-0.2, -0.15) is 0 Å². The zero-order chi connectivity index (χ0) is 14.7. The molecule has 0 saturated carbocycles. The van der Waals surface area contributed by atoms with Gasteiger partial charge in [0, 0.05) is 19.1 Å². The van der Waals surface area contributed by atoms with Crippen molar-refractivity contribution in [1.82, 2.24) is 9.62 Å². The lowest BCUT2D eigenvalue weighted by molar-refractivity contribution is 0.228. The Morgan fingerprint density at radius 2 is 2.00 bits per heavy atom. The van der Waals surface area contributed by atoms with Crippen LogP contribution >= 0.6 is 0 Å². The van der Waals surface area contributed by atoms with E-state index in [4.69, 9.17) is 0 Å². The molecule has 0 aromatic heterocycles. The molecule has 0 amide bonds. The maximum Gasteiger partial charge on any atom is 0.214 e. The molecule has 1 fully saturated rings. The fourth-order valence-corrected chi connectivity index (χ4v) is 4.39. The molecule has 0 aliphatic carbocycles. The zero-order valence-corrected chi connectivity index (χ0v) is 13.9. The summed E-state index contributed by atoms with van der Waals surface area (Å²) in [6.07, 6.45) is 2.82. The summed E-state index contributed by atoms with van der Waals surface area (Å²) >= 11 is 0. The van der Waals surface area contributed by atoms with Crippen LogP contribution < -0.4 is 5.32 Å². The van der Waals surface area contributed by atoms with Gasteiger partial charge in [-0.3, -0.25) is 0 Å². The van der Waals surface area contributed by atoms with Gasteiger partial charge in [0.1, 0.15) is 0 Å². The lowest BCUT2D eigenvalue weighted by atomic mass is 9.93. The molecule has 1 heterocycles. The molecule has 5 heteroatoms. The molecule has 1 rings (SSSR count). The second-order valence-corrected chi connectivity index (χ2v) is 9.05. The molecule has 0 radical (unpaired) electrons. The maximum absolute atomic E-state index is 12.4. The Morgan fingerprint density at radius 3 is 2.53 bits per heavy atom. The summed E-state index contributed by atoms with van der Waals surface area (Å²) < 4.78 is 26.5. The summed E-state index contributed by atoms with van der Waals surface area (Å²) in [5, 5.41) is 3.24. The molecule has 4 nitrogen and oxygen atoms in total. The van der Waals surface area contributed by atoms with Gasteiger partial charge in [-0.05, 0) is 44.6 Å². The van der Waals surface area contributed by atoms with Gasteiger partial charge < -0.3 is 5.32 Å². The monoisotopic (exact) mass is 290 g/mol. The minimum atomic E-state index is -3.09. The van der Waals surface area contributed by atoms with Gasteiger partial charge in [-0.15, -0.1) is 0 Å². The molecule has 0 aromatic carbocycles. The van der Waals surface area contributed by atoms with Gasteiger partial charge in [0.15, 0.2) is 0 Å². The molecule has 2 atom stereocenters. The Morgan fingerprint density at radius 1 is 1.37 bits per heavy atom. The lowest BCUT2D eigenvalue weighted by Crippen LogP contribution is -2.46. The minimum absolute atomic E-state index is 0.0700. The highest BCUT2D eigenvalue weighted by Gasteiger charge is 2.31. The van der Waals surface area contributed by atoms with Gasteiger partial charge in [0.05, 0.1) is 5.75 Å². The topological polar surface area (TPSA) is 49.4 Å². The predicted molar refractivity (Wildman–Crippen MR) is 80.7 cm³/mol. The van der Waals surface area contributed by atoms with Gasteiger partial charge in [0.2, 0.25) is 10.0 Å². The second kappa shape index (κ2) is 6.55. The maximum atomic E-state index is 12.4. The van der Waals surface area contributed by atoms with Crippen LogP contribution in [0.2, 0.25) is 0 Å². The molecule has 2 unspecified atom stereocenters. The third kappa shape index (κ3) is 5.40. The Balaban J connectivity index is 2.63. The third-order valence-electron chi connectivity index (χ3n) is 4.09. The SMILES string of the molecule is CNC(C)C1CCCN(S(=O)(=O)CCC(C)(C)C)C1. The van der Waals surface area contributed by atoms with Gasteiger partial charge in [0.25, 0.3) is 0 Å². The summed E-state index contributed by atoms with van der Waals surface area (Å²) in [6.45, 7) is 9.77. The molecular formula is C14H30N2O2S. The van der Waals surface area contributed by atoms with E-state index in [1.165, 1.54) is 0 Å². The van der Waals surface area contributed by atoms with Crippen LogP contribution in [0.25, 0.3) is 0 Å². The van der Waals surface area contributed by atoms with E-state index >= 15 is 0 Å². The van der Waals surface area contributed by atoms with Crippen LogP contribution in [-0.2, 0) is 10.0 Å². The Bertz CT molecular complexity index is 373. The number of hydrogen-bond donors (Lipinski definition) is 1. The molecule has 1 aliphatic heterocycles. The zero-order valence-electron chi connectivity index (χ0n) is 13.1. The van der Waals surface area contributed by atoms with E-state index in [0.717, 1.165) is 19.3 Å². The molecule has 19 heavy (non-hydrogen) atoms. The van der Waals surface area contributed by atoms with E-state index in [2.05, 4.69) is 33.0 Å². The summed E-state index contributed by atoms with van der Waals surface area (Å²) in [6, 6.07) is 0.376. The first-order chi connectivity index (χ1) is 8.65. The van der Waals surface area contributed by atoms with Crippen molar-refractivity contribution in [2.24, 2.45) is 11.3 Å². The van der Waals surface area contributed by atoms with Crippen molar-refractivity contribution in [3.05, 3.63) is 0 Å². The van der Waals surface area contributed by atoms with Gasteiger partial charge in [-0.1, -0.05) is 20.8 Å². The third-order valence-corrected chi connectivity index (χ3v) is 5.92. The summed E-state index contributed by atoms with van der Waals surface area (Å²) in [7, 11) is -1.14. The highest BCUT2D eigenvalue weighted by atomic mass is 32.2. The van der Waals surface area contributed by atoms with Crippen LogP contribution in [0.1, 0.15) is 47.0 Å². The van der Waals surface area contributed by atoms with E-state index in [9.17, 15) is 8.42 Å². The van der Waals surface area contributed by atoms with Crippen LogP contribution in [0, 0.1) is 11.3 Å². The quantitative estimate of drug-likeness (QED) is 0.843. The van der Waals surface area contributed by atoms with Crippen LogP contribution in [0.4, 0.5) is 0 Å². The largest absolute Gasteiger partial charge is 0.317 e. The number of piperidine rings is 1. The number of nitrogens with one attached hydrogen (secondary N) is 1. The molecule has 114 valence electrons. The summed E-state index contributed by atoms with van der Waals surface area (Å²) in [4.78, 5) is 0. The smallest absolute Gasteiger partial charge is 0.214 e. The number of rotatable bonds is 5. The molecule has 0 spiro atoms. The molecule has 0 bridgehead atoms. The molecular weight excluding hydrogens is 260 g/mol. The Kier molecular flexibility index (Phi) is 5.83.